The summed E-state index contributed by atoms with van der Waals surface area (Å²) in [4.78, 5) is 24.4. The predicted molar refractivity (Wildman–Crippen MR) is 66.3 cm³/mol. The fourth-order valence-corrected chi connectivity index (χ4v) is 2.59. The van der Waals surface area contributed by atoms with E-state index in [1.165, 1.54) is 18.0 Å². The first kappa shape index (κ1) is 13.9. The fourth-order valence-electron chi connectivity index (χ4n) is 1.07. The van der Waals surface area contributed by atoms with Gasteiger partial charge in [-0.15, -0.1) is 11.8 Å². The molecule has 1 aromatic heterocycles. The number of pyridine rings is 1. The van der Waals surface area contributed by atoms with Crippen molar-refractivity contribution in [2.24, 2.45) is 0 Å². The maximum absolute atomic E-state index is 10.6. The number of carboxylic acids is 1. The van der Waals surface area contributed by atoms with Crippen LogP contribution < -0.4 is 0 Å². The standard InChI is InChI=1S/C9H9BrN2O4S/c1-5-6(12(15)16)4-11-9(8(5)10)17-3-2-7(13)14/h4H,2-3H2,1H3,(H,13,14). The predicted octanol–water partition coefficient (Wildman–Crippen LogP) is 2.63. The van der Waals surface area contributed by atoms with E-state index < -0.39 is 10.9 Å². The van der Waals surface area contributed by atoms with Crippen LogP contribution in [-0.4, -0.2) is 26.7 Å². The van der Waals surface area contributed by atoms with Crippen molar-refractivity contribution in [2.75, 3.05) is 5.75 Å². The van der Waals surface area contributed by atoms with Crippen LogP contribution in [-0.2, 0) is 4.79 Å². The second-order valence-corrected chi connectivity index (χ2v) is 5.01. The molecule has 0 aromatic carbocycles. The summed E-state index contributed by atoms with van der Waals surface area (Å²) in [6, 6.07) is 0. The van der Waals surface area contributed by atoms with Gasteiger partial charge in [0.05, 0.1) is 15.8 Å². The third kappa shape index (κ3) is 3.67. The van der Waals surface area contributed by atoms with Crippen molar-refractivity contribution in [3.8, 4) is 0 Å². The Morgan fingerprint density at radius 2 is 2.35 bits per heavy atom. The lowest BCUT2D eigenvalue weighted by atomic mass is 10.3. The first-order valence-corrected chi connectivity index (χ1v) is 6.35. The summed E-state index contributed by atoms with van der Waals surface area (Å²) in [6.45, 7) is 1.62. The van der Waals surface area contributed by atoms with Crippen molar-refractivity contribution < 1.29 is 14.8 Å². The Kier molecular flexibility index (Phi) is 4.88. The molecule has 1 aromatic rings. The molecular formula is C9H9BrN2O4S. The molecule has 1 rings (SSSR count). The zero-order valence-electron chi connectivity index (χ0n) is 8.84. The number of carbonyl (C=O) groups is 1. The van der Waals surface area contributed by atoms with Crippen LogP contribution in [0.25, 0.3) is 0 Å². The lowest BCUT2D eigenvalue weighted by molar-refractivity contribution is -0.385. The maximum atomic E-state index is 10.6. The SMILES string of the molecule is Cc1c([N+](=O)[O-])cnc(SCCC(=O)O)c1Br. The quantitative estimate of drug-likeness (QED) is 0.509. The van der Waals surface area contributed by atoms with Crippen molar-refractivity contribution in [2.45, 2.75) is 18.4 Å². The van der Waals surface area contributed by atoms with E-state index in [0.29, 0.717) is 20.8 Å². The molecule has 0 fully saturated rings. The third-order valence-electron chi connectivity index (χ3n) is 1.96. The van der Waals surface area contributed by atoms with Gasteiger partial charge in [0.1, 0.15) is 11.2 Å². The molecule has 0 saturated carbocycles. The average molecular weight is 321 g/mol. The minimum Gasteiger partial charge on any atom is -0.481 e. The summed E-state index contributed by atoms with van der Waals surface area (Å²) in [6.07, 6.45) is 1.21. The third-order valence-corrected chi connectivity index (χ3v) is 4.18. The molecule has 0 unspecified atom stereocenters. The highest BCUT2D eigenvalue weighted by molar-refractivity contribution is 9.10. The van der Waals surface area contributed by atoms with E-state index in [1.807, 2.05) is 0 Å². The van der Waals surface area contributed by atoms with Gasteiger partial charge in [0.15, 0.2) is 0 Å². The molecule has 0 aliphatic carbocycles. The zero-order valence-corrected chi connectivity index (χ0v) is 11.2. The Hall–Kier alpha value is -1.15. The lowest BCUT2D eigenvalue weighted by Gasteiger charge is -2.05. The maximum Gasteiger partial charge on any atom is 0.304 e. The van der Waals surface area contributed by atoms with E-state index in [9.17, 15) is 14.9 Å². The van der Waals surface area contributed by atoms with Gasteiger partial charge in [-0.1, -0.05) is 0 Å². The van der Waals surface area contributed by atoms with E-state index in [0.717, 1.165) is 0 Å². The molecule has 6 nitrogen and oxygen atoms in total. The smallest absolute Gasteiger partial charge is 0.304 e. The molecule has 8 heteroatoms. The molecule has 1 heterocycles. The Morgan fingerprint density at radius 3 is 2.88 bits per heavy atom. The number of carboxylic acid groups (broad SMARTS) is 1. The minimum absolute atomic E-state index is 0.0226. The van der Waals surface area contributed by atoms with Gasteiger partial charge in [-0.2, -0.15) is 0 Å². The molecular weight excluding hydrogens is 312 g/mol. The number of aromatic nitrogens is 1. The molecule has 17 heavy (non-hydrogen) atoms. The highest BCUT2D eigenvalue weighted by Crippen LogP contribution is 2.33. The van der Waals surface area contributed by atoms with Gasteiger partial charge in [-0.3, -0.25) is 14.9 Å². The number of nitro groups is 1. The molecule has 0 radical (unpaired) electrons. The topological polar surface area (TPSA) is 93.3 Å². The van der Waals surface area contributed by atoms with Crippen LogP contribution in [0.1, 0.15) is 12.0 Å². The normalized spacial score (nSPS) is 10.2. The molecule has 0 spiro atoms. The van der Waals surface area contributed by atoms with Crippen LogP contribution in [0, 0.1) is 17.0 Å². The first-order valence-electron chi connectivity index (χ1n) is 4.57. The number of hydrogen-bond donors (Lipinski definition) is 1. The molecule has 0 bridgehead atoms. The average Bonchev–Trinajstić information content (AvgIpc) is 2.23. The Balaban J connectivity index is 2.85. The second kappa shape index (κ2) is 5.97. The largest absolute Gasteiger partial charge is 0.481 e. The van der Waals surface area contributed by atoms with Gasteiger partial charge in [0, 0.05) is 11.3 Å². The summed E-state index contributed by atoms with van der Waals surface area (Å²) < 4.78 is 0.544. The van der Waals surface area contributed by atoms with Gasteiger partial charge < -0.3 is 5.11 Å². The number of thioether (sulfide) groups is 1. The van der Waals surface area contributed by atoms with Crippen LogP contribution in [0.3, 0.4) is 0 Å². The number of rotatable bonds is 5. The van der Waals surface area contributed by atoms with Crippen LogP contribution >= 0.6 is 27.7 Å². The molecule has 0 saturated heterocycles. The second-order valence-electron chi connectivity index (χ2n) is 3.14. The van der Waals surface area contributed by atoms with Crippen molar-refractivity contribution >= 4 is 39.3 Å². The Bertz CT molecular complexity index is 467. The minimum atomic E-state index is -0.882. The number of nitrogens with zero attached hydrogens (tertiary/aromatic N) is 2. The van der Waals surface area contributed by atoms with Crippen molar-refractivity contribution in [3.05, 3.63) is 26.3 Å². The highest BCUT2D eigenvalue weighted by atomic mass is 79.9. The highest BCUT2D eigenvalue weighted by Gasteiger charge is 2.17. The van der Waals surface area contributed by atoms with E-state index >= 15 is 0 Å². The zero-order chi connectivity index (χ0) is 13.0. The number of halogens is 1. The van der Waals surface area contributed by atoms with Crippen molar-refractivity contribution in [1.82, 2.24) is 4.98 Å². The van der Waals surface area contributed by atoms with E-state index in [1.54, 1.807) is 6.92 Å². The van der Waals surface area contributed by atoms with Crippen LogP contribution in [0.15, 0.2) is 15.7 Å². The summed E-state index contributed by atoms with van der Waals surface area (Å²) >= 11 is 4.48. The first-order chi connectivity index (χ1) is 7.93. The van der Waals surface area contributed by atoms with Crippen molar-refractivity contribution in [3.63, 3.8) is 0 Å². The molecule has 92 valence electrons. The van der Waals surface area contributed by atoms with E-state index in [4.69, 9.17) is 5.11 Å². The van der Waals surface area contributed by atoms with Gasteiger partial charge in [-0.25, -0.2) is 4.98 Å². The Morgan fingerprint density at radius 1 is 1.71 bits per heavy atom. The van der Waals surface area contributed by atoms with E-state index in [-0.39, 0.29) is 12.1 Å². The van der Waals surface area contributed by atoms with Gasteiger partial charge in [0.25, 0.3) is 5.69 Å². The van der Waals surface area contributed by atoms with E-state index in [2.05, 4.69) is 20.9 Å². The molecule has 1 N–H and O–H groups in total. The summed E-state index contributed by atoms with van der Waals surface area (Å²) in [5.74, 6) is -0.509. The molecule has 0 aliphatic heterocycles. The molecule has 0 amide bonds. The molecule has 0 aliphatic rings. The monoisotopic (exact) mass is 320 g/mol. The summed E-state index contributed by atoms with van der Waals surface area (Å²) in [5, 5.41) is 19.7. The fraction of sp³-hybridized carbons (Fsp3) is 0.333. The van der Waals surface area contributed by atoms with Gasteiger partial charge >= 0.3 is 5.97 Å². The van der Waals surface area contributed by atoms with Gasteiger partial charge in [-0.05, 0) is 22.9 Å². The summed E-state index contributed by atoms with van der Waals surface area (Å²) in [7, 11) is 0. The lowest BCUT2D eigenvalue weighted by Crippen LogP contribution is -1.98. The number of hydrogen-bond acceptors (Lipinski definition) is 5. The van der Waals surface area contributed by atoms with Crippen LogP contribution in [0.2, 0.25) is 0 Å². The van der Waals surface area contributed by atoms with Crippen LogP contribution in [0.5, 0.6) is 0 Å². The van der Waals surface area contributed by atoms with Crippen LogP contribution in [0.4, 0.5) is 5.69 Å². The number of aliphatic carboxylic acids is 1. The summed E-state index contributed by atoms with van der Waals surface area (Å²) in [5.41, 5.74) is 0.433. The Labute approximate surface area is 110 Å². The molecule has 0 atom stereocenters. The van der Waals surface area contributed by atoms with Crippen molar-refractivity contribution in [1.29, 1.82) is 0 Å². The van der Waals surface area contributed by atoms with Gasteiger partial charge in [0.2, 0.25) is 0 Å².